The van der Waals surface area contributed by atoms with E-state index < -0.39 is 0 Å². The molecule has 60 heavy (non-hydrogen) atoms. The summed E-state index contributed by atoms with van der Waals surface area (Å²) in [6.45, 7) is 4.40. The minimum Gasteiger partial charge on any atom is -1.00 e. The van der Waals surface area contributed by atoms with E-state index in [4.69, 9.17) is 14.8 Å². The third-order valence-electron chi connectivity index (χ3n) is 11.2. The van der Waals surface area contributed by atoms with E-state index >= 15 is 0 Å². The minimum absolute atomic E-state index is 0. The monoisotopic (exact) mass is 873 g/mol. The van der Waals surface area contributed by atoms with Crippen LogP contribution in [0.3, 0.4) is 0 Å². The quantitative estimate of drug-likeness (QED) is 0.0687. The van der Waals surface area contributed by atoms with E-state index in [0.717, 1.165) is 89.5 Å². The number of Topliss-reactive ketones (excluding diaryl/α,β-unsaturated/α-hetero) is 1. The van der Waals surface area contributed by atoms with Crippen molar-refractivity contribution >= 4 is 81.1 Å². The molecule has 0 N–H and O–H groups in total. The van der Waals surface area contributed by atoms with Crippen molar-refractivity contribution in [2.75, 3.05) is 14.2 Å². The van der Waals surface area contributed by atoms with Crippen LogP contribution in [0.4, 0.5) is 11.4 Å². The Morgan fingerprint density at radius 1 is 0.683 bits per heavy atom. The van der Waals surface area contributed by atoms with Gasteiger partial charge in [0.05, 0.1) is 18.5 Å². The number of halogens is 1. The average Bonchev–Trinajstić information content (AvgIpc) is 3.54. The Labute approximate surface area is 390 Å². The third kappa shape index (κ3) is 13.5. The number of hydroxylamine groups is 2. The maximum absolute atomic E-state index is 13.0. The molecule has 0 radical (unpaired) electrons. The molecule has 314 valence electrons. The average molecular weight is 875 g/mol. The van der Waals surface area contributed by atoms with Gasteiger partial charge in [-0.1, -0.05) is 131 Å². The van der Waals surface area contributed by atoms with E-state index in [-0.39, 0.29) is 47.3 Å². The van der Waals surface area contributed by atoms with Gasteiger partial charge in [-0.3, -0.25) is 24.4 Å². The Hall–Kier alpha value is -2.92. The zero-order chi connectivity index (χ0) is 40.7. The molecule has 0 spiro atoms. The molecular formula is C50H60ClMgN3O3S2. The summed E-state index contributed by atoms with van der Waals surface area (Å²) in [5, 5.41) is 1.22. The SMILES string of the molecule is CCCCC1=Nc2cc(C(=O)C3CCCCC3)ccc2Sc2ccccc21.CCCCC1=Nc2cc(C(=O)N(C)OC)ccc2Sc2ccccc21.[CH-]1CCCCC1.[Cl-].[Mg+2]. The number of nitrogens with zero attached hydrogens (tertiary/aromatic N) is 3. The number of carbonyl (C=O) groups excluding carboxylic acids is 2. The molecule has 0 atom stereocenters. The predicted molar refractivity (Wildman–Crippen MR) is 249 cm³/mol. The van der Waals surface area contributed by atoms with Crippen LogP contribution in [-0.4, -0.2) is 65.4 Å². The topological polar surface area (TPSA) is 71.3 Å². The van der Waals surface area contributed by atoms with E-state index in [1.54, 1.807) is 30.6 Å². The first-order valence-corrected chi connectivity index (χ1v) is 23.2. The molecule has 2 aliphatic heterocycles. The molecular weight excluding hydrogens is 814 g/mol. The van der Waals surface area contributed by atoms with Crippen LogP contribution in [0.25, 0.3) is 0 Å². The van der Waals surface area contributed by atoms with Gasteiger partial charge in [-0.2, -0.15) is 12.8 Å². The van der Waals surface area contributed by atoms with Crippen LogP contribution >= 0.6 is 23.5 Å². The van der Waals surface area contributed by atoms with Gasteiger partial charge in [-0.15, -0.1) is 0 Å². The van der Waals surface area contributed by atoms with Crippen molar-refractivity contribution < 1.29 is 26.8 Å². The Morgan fingerprint density at radius 2 is 1.17 bits per heavy atom. The molecule has 2 saturated carbocycles. The molecule has 2 heterocycles. The Kier molecular flexibility index (Phi) is 21.4. The van der Waals surface area contributed by atoms with Crippen molar-refractivity contribution in [3.63, 3.8) is 0 Å². The predicted octanol–water partition coefficient (Wildman–Crippen LogP) is 11.1. The van der Waals surface area contributed by atoms with Crippen LogP contribution < -0.4 is 12.4 Å². The Balaban J connectivity index is 0.000000226. The molecule has 4 aromatic rings. The number of rotatable bonds is 10. The summed E-state index contributed by atoms with van der Waals surface area (Å²) in [4.78, 5) is 45.0. The second-order valence-electron chi connectivity index (χ2n) is 15.5. The number of amides is 1. The second-order valence-corrected chi connectivity index (χ2v) is 17.7. The fourth-order valence-electron chi connectivity index (χ4n) is 7.74. The van der Waals surface area contributed by atoms with Crippen LogP contribution in [-0.2, 0) is 4.84 Å². The van der Waals surface area contributed by atoms with Gasteiger partial charge < -0.3 is 18.8 Å². The molecule has 0 unspecified atom stereocenters. The van der Waals surface area contributed by atoms with Crippen LogP contribution in [0.1, 0.15) is 148 Å². The van der Waals surface area contributed by atoms with E-state index in [1.165, 1.54) is 84.5 Å². The normalized spacial score (nSPS) is 15.3. The smallest absolute Gasteiger partial charge is 1.00 e. The molecule has 8 rings (SSSR count). The molecule has 1 amide bonds. The van der Waals surface area contributed by atoms with Gasteiger partial charge in [0.15, 0.2) is 5.78 Å². The largest absolute Gasteiger partial charge is 2.00 e. The molecule has 6 nitrogen and oxygen atoms in total. The van der Waals surface area contributed by atoms with Crippen LogP contribution in [0.2, 0.25) is 0 Å². The first-order valence-electron chi connectivity index (χ1n) is 21.6. The number of benzene rings is 4. The molecule has 4 aromatic carbocycles. The first-order chi connectivity index (χ1) is 28.4. The summed E-state index contributed by atoms with van der Waals surface area (Å²) >= 11 is 3.48. The van der Waals surface area contributed by atoms with E-state index in [0.29, 0.717) is 11.3 Å². The molecule has 0 aromatic heterocycles. The van der Waals surface area contributed by atoms with Gasteiger partial charge in [0.25, 0.3) is 5.91 Å². The van der Waals surface area contributed by atoms with Gasteiger partial charge in [-0.25, -0.2) is 5.06 Å². The number of aliphatic imine (C=N–C) groups is 2. The summed E-state index contributed by atoms with van der Waals surface area (Å²) in [5.41, 5.74) is 7.91. The zero-order valence-electron chi connectivity index (χ0n) is 36.0. The number of carbonyl (C=O) groups is 2. The van der Waals surface area contributed by atoms with Crippen molar-refractivity contribution in [3.8, 4) is 0 Å². The standard InChI is InChI=1S/C24H27NOS.C20H22N2O2S.C6H11.ClH.Mg/c1-2-3-12-20-19-11-7-8-13-22(19)27-23-15-14-18(16-21(23)25-20)24(26)17-9-5-4-6-10-17;1-4-5-9-16-15-8-6-7-10-18(15)25-19-12-11-14(13-17(19)21-16)20(23)22(2)24-3;1-2-4-6-5-3-1;;/h7-8,11,13-17H,2-6,9-10,12H2,1H3;6-8,10-13H,4-5,9H2,1-3H3;1H,2-6H2;1H;/q;;-1;;+2/p-1. The van der Waals surface area contributed by atoms with Crippen molar-refractivity contribution in [1.82, 2.24) is 5.06 Å². The van der Waals surface area contributed by atoms with Crippen LogP contribution in [0, 0.1) is 12.3 Å². The van der Waals surface area contributed by atoms with Crippen molar-refractivity contribution in [2.45, 2.75) is 136 Å². The van der Waals surface area contributed by atoms with Gasteiger partial charge in [0.1, 0.15) is 0 Å². The third-order valence-corrected chi connectivity index (χ3v) is 13.5. The minimum atomic E-state index is -0.178. The van der Waals surface area contributed by atoms with Gasteiger partial charge in [-0.05, 0) is 81.0 Å². The number of hydrogen-bond acceptors (Lipinski definition) is 7. The molecule has 4 aliphatic rings. The summed E-state index contributed by atoms with van der Waals surface area (Å²) in [5.74, 6) is 0.341. The molecule has 0 saturated heterocycles. The Bertz CT molecular complexity index is 2070. The molecule has 10 heteroatoms. The summed E-state index contributed by atoms with van der Waals surface area (Å²) in [6.07, 6.45) is 21.7. The van der Waals surface area contributed by atoms with Crippen molar-refractivity contribution in [3.05, 3.63) is 114 Å². The number of ketones is 1. The maximum atomic E-state index is 13.0. The maximum Gasteiger partial charge on any atom is 2.00 e. The number of hydrogen-bond donors (Lipinski definition) is 0. The molecule has 2 aliphatic carbocycles. The Morgan fingerprint density at radius 3 is 1.63 bits per heavy atom. The van der Waals surface area contributed by atoms with E-state index in [1.807, 2.05) is 30.3 Å². The van der Waals surface area contributed by atoms with Crippen LogP contribution in [0.5, 0.6) is 0 Å². The van der Waals surface area contributed by atoms with Gasteiger partial charge in [0, 0.05) is 66.2 Å². The van der Waals surface area contributed by atoms with Gasteiger partial charge in [0.2, 0.25) is 0 Å². The van der Waals surface area contributed by atoms with Crippen molar-refractivity contribution in [2.24, 2.45) is 15.9 Å². The van der Waals surface area contributed by atoms with Crippen molar-refractivity contribution in [1.29, 1.82) is 0 Å². The van der Waals surface area contributed by atoms with Crippen LogP contribution in [0.15, 0.2) is 114 Å². The summed E-state index contributed by atoms with van der Waals surface area (Å²) in [7, 11) is 3.09. The fourth-order valence-corrected chi connectivity index (χ4v) is 9.79. The molecule has 0 bridgehead atoms. The number of unbranched alkanes of at least 4 members (excludes halogenated alkanes) is 2. The zero-order valence-corrected chi connectivity index (χ0v) is 39.8. The number of fused-ring (bicyclic) bond motifs is 4. The second kappa shape index (κ2) is 25.9. The first kappa shape index (κ1) is 49.7. The summed E-state index contributed by atoms with van der Waals surface area (Å²) in [6, 6.07) is 28.7. The molecule has 2 fully saturated rings. The summed E-state index contributed by atoms with van der Waals surface area (Å²) < 4.78 is 0. The van der Waals surface area contributed by atoms with E-state index in [9.17, 15) is 9.59 Å². The van der Waals surface area contributed by atoms with Gasteiger partial charge >= 0.3 is 23.1 Å². The fraction of sp³-hybridized carbons (Fsp3) is 0.420. The van der Waals surface area contributed by atoms with E-state index in [2.05, 4.69) is 74.9 Å².